The van der Waals surface area contributed by atoms with Crippen LogP contribution in [0.3, 0.4) is 0 Å². The minimum atomic E-state index is -0.282. The van der Waals surface area contributed by atoms with Gasteiger partial charge in [-0.25, -0.2) is 0 Å². The summed E-state index contributed by atoms with van der Waals surface area (Å²) in [6, 6.07) is 14.0. The predicted octanol–water partition coefficient (Wildman–Crippen LogP) is 4.64. The van der Waals surface area contributed by atoms with Crippen molar-refractivity contribution in [2.24, 2.45) is 0 Å². The standard InChI is InChI=1S/C23H28N6OS/c1-5-17-8-6-7-9-19(17)26-23-28-20(27-22(24)29-23)13-31-16(4)21(30)25-18-11-10-14(2)12-15(18)3/h6-12,16H,5,13H2,1-4H3,(H,25,30)(H3,24,26,27,28,29). The molecule has 0 saturated carbocycles. The zero-order valence-electron chi connectivity index (χ0n) is 18.3. The van der Waals surface area contributed by atoms with E-state index in [2.05, 4.69) is 38.6 Å². The molecule has 1 amide bonds. The number of nitrogens with two attached hydrogens (primary N) is 1. The molecule has 1 unspecified atom stereocenters. The Balaban J connectivity index is 1.63. The van der Waals surface area contributed by atoms with Crippen molar-refractivity contribution in [3.8, 4) is 0 Å². The van der Waals surface area contributed by atoms with Crippen molar-refractivity contribution in [2.75, 3.05) is 16.4 Å². The molecule has 3 aromatic rings. The maximum Gasteiger partial charge on any atom is 0.237 e. The third kappa shape index (κ3) is 6.18. The van der Waals surface area contributed by atoms with Gasteiger partial charge in [-0.15, -0.1) is 11.8 Å². The Hall–Kier alpha value is -3.13. The number of amides is 1. The molecule has 1 atom stereocenters. The third-order valence-electron chi connectivity index (χ3n) is 4.82. The van der Waals surface area contributed by atoms with E-state index < -0.39 is 0 Å². The van der Waals surface area contributed by atoms with Crippen LogP contribution >= 0.6 is 11.8 Å². The fourth-order valence-corrected chi connectivity index (χ4v) is 3.83. The lowest BCUT2D eigenvalue weighted by atomic mass is 10.1. The number of carbonyl (C=O) groups excluding carboxylic acids is 1. The van der Waals surface area contributed by atoms with Crippen molar-refractivity contribution < 1.29 is 4.79 Å². The normalized spacial score (nSPS) is 11.7. The Morgan fingerprint density at radius 1 is 1.10 bits per heavy atom. The van der Waals surface area contributed by atoms with Crippen molar-refractivity contribution in [2.45, 2.75) is 45.1 Å². The first-order valence-corrected chi connectivity index (χ1v) is 11.3. The Morgan fingerprint density at radius 2 is 1.87 bits per heavy atom. The average Bonchev–Trinajstić information content (AvgIpc) is 2.74. The highest BCUT2D eigenvalue weighted by molar-refractivity contribution is 7.99. The Bertz CT molecular complexity index is 1070. The molecule has 1 aromatic heterocycles. The van der Waals surface area contributed by atoms with Crippen LogP contribution in [0.15, 0.2) is 42.5 Å². The predicted molar refractivity (Wildman–Crippen MR) is 129 cm³/mol. The van der Waals surface area contributed by atoms with E-state index in [1.54, 1.807) is 0 Å². The number of aryl methyl sites for hydroxylation is 3. The second-order valence-electron chi connectivity index (χ2n) is 7.33. The lowest BCUT2D eigenvalue weighted by Crippen LogP contribution is -2.23. The molecule has 0 radical (unpaired) electrons. The third-order valence-corrected chi connectivity index (χ3v) is 5.95. The summed E-state index contributed by atoms with van der Waals surface area (Å²) < 4.78 is 0. The lowest BCUT2D eigenvalue weighted by molar-refractivity contribution is -0.115. The lowest BCUT2D eigenvalue weighted by Gasteiger charge is -2.14. The van der Waals surface area contributed by atoms with Crippen LogP contribution in [0.5, 0.6) is 0 Å². The minimum Gasteiger partial charge on any atom is -0.368 e. The molecule has 0 spiro atoms. The van der Waals surface area contributed by atoms with E-state index in [1.807, 2.05) is 57.2 Å². The second-order valence-corrected chi connectivity index (χ2v) is 8.66. The maximum atomic E-state index is 12.6. The Kier molecular flexibility index (Phi) is 7.46. The molecule has 4 N–H and O–H groups in total. The molecule has 7 nitrogen and oxygen atoms in total. The number of carbonyl (C=O) groups is 1. The van der Waals surface area contributed by atoms with Gasteiger partial charge in [-0.05, 0) is 50.5 Å². The molecule has 0 aliphatic heterocycles. The molecule has 162 valence electrons. The van der Waals surface area contributed by atoms with Gasteiger partial charge in [-0.1, -0.05) is 42.8 Å². The van der Waals surface area contributed by atoms with E-state index in [0.29, 0.717) is 17.5 Å². The van der Waals surface area contributed by atoms with E-state index in [-0.39, 0.29) is 17.1 Å². The molecular weight excluding hydrogens is 408 g/mol. The van der Waals surface area contributed by atoms with Crippen LogP contribution in [0.4, 0.5) is 23.3 Å². The molecule has 8 heteroatoms. The molecule has 31 heavy (non-hydrogen) atoms. The summed E-state index contributed by atoms with van der Waals surface area (Å²) in [5.74, 6) is 1.46. The van der Waals surface area contributed by atoms with Gasteiger partial charge in [0.25, 0.3) is 0 Å². The Labute approximate surface area is 187 Å². The van der Waals surface area contributed by atoms with Gasteiger partial charge >= 0.3 is 0 Å². The van der Waals surface area contributed by atoms with Gasteiger partial charge in [-0.3, -0.25) is 4.79 Å². The molecule has 0 aliphatic carbocycles. The van der Waals surface area contributed by atoms with Gasteiger partial charge in [0.15, 0.2) is 0 Å². The monoisotopic (exact) mass is 436 g/mol. The van der Waals surface area contributed by atoms with E-state index in [4.69, 9.17) is 5.73 Å². The van der Waals surface area contributed by atoms with Gasteiger partial charge in [-0.2, -0.15) is 15.0 Å². The summed E-state index contributed by atoms with van der Waals surface area (Å²) >= 11 is 1.45. The van der Waals surface area contributed by atoms with Crippen LogP contribution in [0.2, 0.25) is 0 Å². The largest absolute Gasteiger partial charge is 0.368 e. The summed E-state index contributed by atoms with van der Waals surface area (Å²) in [6.07, 6.45) is 0.888. The smallest absolute Gasteiger partial charge is 0.237 e. The number of nitrogens with zero attached hydrogens (tertiary/aromatic N) is 3. The highest BCUT2D eigenvalue weighted by Crippen LogP contribution is 2.23. The number of hydrogen-bond donors (Lipinski definition) is 3. The first kappa shape index (κ1) is 22.6. The van der Waals surface area contributed by atoms with Gasteiger partial charge < -0.3 is 16.4 Å². The van der Waals surface area contributed by atoms with Gasteiger partial charge in [0.1, 0.15) is 5.82 Å². The van der Waals surface area contributed by atoms with Crippen LogP contribution in [-0.2, 0) is 17.0 Å². The summed E-state index contributed by atoms with van der Waals surface area (Å²) in [5.41, 5.74) is 11.0. The number of benzene rings is 2. The summed E-state index contributed by atoms with van der Waals surface area (Å²) in [6.45, 7) is 7.97. The fourth-order valence-electron chi connectivity index (χ4n) is 3.09. The number of nitrogen functional groups attached to an aromatic ring is 1. The molecule has 0 saturated heterocycles. The van der Waals surface area contributed by atoms with Crippen LogP contribution in [0.1, 0.15) is 36.4 Å². The fraction of sp³-hybridized carbons (Fsp3) is 0.304. The molecule has 2 aromatic carbocycles. The van der Waals surface area contributed by atoms with Crippen molar-refractivity contribution in [1.82, 2.24) is 15.0 Å². The van der Waals surface area contributed by atoms with Gasteiger partial charge in [0.05, 0.1) is 11.0 Å². The highest BCUT2D eigenvalue weighted by atomic mass is 32.2. The number of para-hydroxylation sites is 1. The van der Waals surface area contributed by atoms with Gasteiger partial charge in [0.2, 0.25) is 17.8 Å². The van der Waals surface area contributed by atoms with Crippen molar-refractivity contribution in [3.05, 3.63) is 65.0 Å². The summed E-state index contributed by atoms with van der Waals surface area (Å²) in [4.78, 5) is 25.5. The number of rotatable bonds is 8. The minimum absolute atomic E-state index is 0.0609. The van der Waals surface area contributed by atoms with Crippen molar-refractivity contribution in [1.29, 1.82) is 0 Å². The zero-order chi connectivity index (χ0) is 22.4. The van der Waals surface area contributed by atoms with E-state index in [1.165, 1.54) is 11.8 Å². The molecule has 0 fully saturated rings. The number of anilines is 4. The van der Waals surface area contributed by atoms with E-state index in [9.17, 15) is 4.79 Å². The zero-order valence-corrected chi connectivity index (χ0v) is 19.1. The number of hydrogen-bond acceptors (Lipinski definition) is 7. The van der Waals surface area contributed by atoms with Crippen LogP contribution in [-0.4, -0.2) is 26.1 Å². The molecule has 0 bridgehead atoms. The van der Waals surface area contributed by atoms with Crippen LogP contribution < -0.4 is 16.4 Å². The first-order valence-electron chi connectivity index (χ1n) is 10.2. The number of nitrogens with one attached hydrogen (secondary N) is 2. The van der Waals surface area contributed by atoms with Crippen molar-refractivity contribution >= 4 is 40.9 Å². The first-order chi connectivity index (χ1) is 14.9. The second kappa shape index (κ2) is 10.3. The van der Waals surface area contributed by atoms with Crippen molar-refractivity contribution in [3.63, 3.8) is 0 Å². The number of aromatic nitrogens is 3. The summed E-state index contributed by atoms with van der Waals surface area (Å²) in [7, 11) is 0. The molecule has 3 rings (SSSR count). The van der Waals surface area contributed by atoms with E-state index in [0.717, 1.165) is 34.5 Å². The van der Waals surface area contributed by atoms with Crippen LogP contribution in [0.25, 0.3) is 0 Å². The SMILES string of the molecule is CCc1ccccc1Nc1nc(N)nc(CSC(C)C(=O)Nc2ccc(C)cc2C)n1. The molecule has 1 heterocycles. The quantitative estimate of drug-likeness (QED) is 0.472. The Morgan fingerprint density at radius 3 is 2.61 bits per heavy atom. The van der Waals surface area contributed by atoms with Gasteiger partial charge in [0, 0.05) is 11.4 Å². The summed E-state index contributed by atoms with van der Waals surface area (Å²) in [5, 5.41) is 5.94. The van der Waals surface area contributed by atoms with Crippen LogP contribution in [0, 0.1) is 13.8 Å². The molecule has 0 aliphatic rings. The van der Waals surface area contributed by atoms with E-state index >= 15 is 0 Å². The maximum absolute atomic E-state index is 12.6. The molecular formula is C23H28N6OS. The topological polar surface area (TPSA) is 106 Å². The average molecular weight is 437 g/mol. The highest BCUT2D eigenvalue weighted by Gasteiger charge is 2.16. The number of thioether (sulfide) groups is 1.